The van der Waals surface area contributed by atoms with Crippen molar-refractivity contribution in [2.45, 2.75) is 63.1 Å². The molecule has 0 bridgehead atoms. The van der Waals surface area contributed by atoms with Gasteiger partial charge >= 0.3 is 5.97 Å². The van der Waals surface area contributed by atoms with E-state index >= 15 is 8.78 Å². The van der Waals surface area contributed by atoms with Gasteiger partial charge < -0.3 is 15.6 Å². The number of benzene rings is 2. The SMILES string of the molecule is CC(C)(C)CC1NC(C(=O)OC[C@@H](O)CC(N)=O)C(c2cccc(Cl)c2F)C1(C#N)c1ccc(Cl)cc1F. The van der Waals surface area contributed by atoms with E-state index < -0.39 is 71.5 Å². The van der Waals surface area contributed by atoms with E-state index in [1.54, 1.807) is 0 Å². The monoisotopic (exact) mass is 567 g/mol. The number of nitrogens with two attached hydrogens (primary N) is 1. The summed E-state index contributed by atoms with van der Waals surface area (Å²) in [6, 6.07) is 8.04. The first kappa shape index (κ1) is 29.8. The molecular weight excluding hydrogens is 539 g/mol. The Morgan fingerprint density at radius 1 is 1.26 bits per heavy atom. The number of amides is 1. The summed E-state index contributed by atoms with van der Waals surface area (Å²) in [5.74, 6) is -4.67. The van der Waals surface area contributed by atoms with E-state index in [0.29, 0.717) is 0 Å². The molecule has 1 heterocycles. The average molecular weight is 568 g/mol. The lowest BCUT2D eigenvalue weighted by Gasteiger charge is -2.37. The number of primary amides is 1. The summed E-state index contributed by atoms with van der Waals surface area (Å²) in [4.78, 5) is 24.5. The number of aliphatic hydroxyl groups excluding tert-OH is 1. The molecule has 2 aromatic carbocycles. The Bertz CT molecular complexity index is 1260. The van der Waals surface area contributed by atoms with E-state index in [1.165, 1.54) is 30.3 Å². The Morgan fingerprint density at radius 3 is 2.53 bits per heavy atom. The fourth-order valence-corrected chi connectivity index (χ4v) is 5.43. The number of rotatable bonds is 8. The molecule has 1 fully saturated rings. The van der Waals surface area contributed by atoms with Gasteiger partial charge in [-0.1, -0.05) is 62.2 Å². The average Bonchev–Trinajstić information content (AvgIpc) is 3.11. The fraction of sp³-hybridized carbons (Fsp3) is 0.444. The summed E-state index contributed by atoms with van der Waals surface area (Å²) in [5, 5.41) is 23.7. The first-order chi connectivity index (χ1) is 17.7. The van der Waals surface area contributed by atoms with Crippen LogP contribution in [0.25, 0.3) is 0 Å². The molecular formula is C27H29Cl2F2N3O4. The summed E-state index contributed by atoms with van der Waals surface area (Å²) in [5.41, 5.74) is 2.72. The molecule has 0 saturated carbocycles. The van der Waals surface area contributed by atoms with E-state index in [0.717, 1.165) is 6.07 Å². The maximum atomic E-state index is 15.5. The van der Waals surface area contributed by atoms with Crippen molar-refractivity contribution < 1.29 is 28.2 Å². The summed E-state index contributed by atoms with van der Waals surface area (Å²) in [6.07, 6.45) is -1.52. The quantitative estimate of drug-likeness (QED) is 0.406. The number of halogens is 4. The zero-order valence-electron chi connectivity index (χ0n) is 21.1. The molecule has 1 saturated heterocycles. The molecule has 0 spiro atoms. The number of ether oxygens (including phenoxy) is 1. The van der Waals surface area contributed by atoms with Crippen molar-refractivity contribution >= 4 is 35.1 Å². The molecule has 1 aliphatic heterocycles. The number of nitrogens with zero attached hydrogens (tertiary/aromatic N) is 1. The van der Waals surface area contributed by atoms with Gasteiger partial charge in [-0.3, -0.25) is 14.9 Å². The van der Waals surface area contributed by atoms with Crippen molar-refractivity contribution in [3.63, 3.8) is 0 Å². The van der Waals surface area contributed by atoms with E-state index in [4.69, 9.17) is 33.7 Å². The van der Waals surface area contributed by atoms with Gasteiger partial charge in [-0.05, 0) is 35.6 Å². The molecule has 0 aliphatic carbocycles. The minimum Gasteiger partial charge on any atom is -0.462 e. The van der Waals surface area contributed by atoms with Crippen LogP contribution in [0.3, 0.4) is 0 Å². The van der Waals surface area contributed by atoms with Crippen LogP contribution in [0.15, 0.2) is 36.4 Å². The number of carbonyl (C=O) groups excluding carboxylic acids is 2. The Kier molecular flexibility index (Phi) is 9.04. The summed E-state index contributed by atoms with van der Waals surface area (Å²) in [7, 11) is 0. The van der Waals surface area contributed by atoms with Gasteiger partial charge in [0.05, 0.1) is 23.6 Å². The minimum absolute atomic E-state index is 0.0698. The first-order valence-corrected chi connectivity index (χ1v) is 12.7. The topological polar surface area (TPSA) is 125 Å². The number of nitriles is 1. The fourth-order valence-electron chi connectivity index (χ4n) is 5.09. The van der Waals surface area contributed by atoms with Gasteiger partial charge in [-0.25, -0.2) is 8.78 Å². The highest BCUT2D eigenvalue weighted by molar-refractivity contribution is 6.31. The van der Waals surface area contributed by atoms with Crippen molar-refractivity contribution in [3.8, 4) is 6.07 Å². The lowest BCUT2D eigenvalue weighted by molar-refractivity contribution is -0.150. The zero-order chi connectivity index (χ0) is 28.4. The van der Waals surface area contributed by atoms with Crippen LogP contribution in [0.5, 0.6) is 0 Å². The van der Waals surface area contributed by atoms with Gasteiger partial charge in [0.1, 0.15) is 29.7 Å². The molecule has 1 amide bonds. The van der Waals surface area contributed by atoms with Crippen molar-refractivity contribution in [1.82, 2.24) is 5.32 Å². The Morgan fingerprint density at radius 2 is 1.95 bits per heavy atom. The number of hydrogen-bond donors (Lipinski definition) is 3. The molecule has 3 rings (SSSR count). The van der Waals surface area contributed by atoms with Gasteiger partial charge in [0.2, 0.25) is 5.91 Å². The predicted octanol–water partition coefficient (Wildman–Crippen LogP) is 4.37. The second kappa shape index (κ2) is 11.5. The highest BCUT2D eigenvalue weighted by atomic mass is 35.5. The largest absolute Gasteiger partial charge is 0.462 e. The number of carbonyl (C=O) groups is 2. The van der Waals surface area contributed by atoms with Crippen LogP contribution in [0, 0.1) is 28.4 Å². The second-order valence-corrected chi connectivity index (χ2v) is 11.5. The standard InChI is InChI=1S/C27H29Cl2F2N3O4/c1-26(2,3)11-20-27(13-32,17-8-7-14(28)9-19(17)30)22(16-5-4-6-18(29)23(16)31)24(34-20)25(37)38-12-15(35)10-21(33)36/h4-9,15,20,22,24,34-35H,10-12H2,1-3H3,(H2,33,36)/t15-,20?,22?,24?,27?/m0/s1. The van der Waals surface area contributed by atoms with Gasteiger partial charge in [0, 0.05) is 22.5 Å². The Labute approximate surface area is 229 Å². The predicted molar refractivity (Wildman–Crippen MR) is 138 cm³/mol. The zero-order valence-corrected chi connectivity index (χ0v) is 22.6. The second-order valence-electron chi connectivity index (χ2n) is 10.6. The highest BCUT2D eigenvalue weighted by Crippen LogP contribution is 2.52. The van der Waals surface area contributed by atoms with Crippen molar-refractivity contribution in [2.24, 2.45) is 11.1 Å². The lowest BCUT2D eigenvalue weighted by atomic mass is 9.62. The van der Waals surface area contributed by atoms with Gasteiger partial charge in [-0.2, -0.15) is 5.26 Å². The summed E-state index contributed by atoms with van der Waals surface area (Å²) >= 11 is 12.1. The van der Waals surface area contributed by atoms with E-state index in [-0.39, 0.29) is 27.6 Å². The molecule has 4 unspecified atom stereocenters. The summed E-state index contributed by atoms with van der Waals surface area (Å²) in [6.45, 7) is 5.17. The van der Waals surface area contributed by atoms with Gasteiger partial charge in [-0.15, -0.1) is 0 Å². The smallest absolute Gasteiger partial charge is 0.323 e. The number of aliphatic hydroxyl groups is 1. The van der Waals surface area contributed by atoms with E-state index in [2.05, 4.69) is 11.4 Å². The third-order valence-electron chi connectivity index (χ3n) is 6.56. The molecule has 0 radical (unpaired) electrons. The number of esters is 1. The molecule has 7 nitrogen and oxygen atoms in total. The van der Waals surface area contributed by atoms with E-state index in [1.807, 2.05) is 20.8 Å². The molecule has 4 N–H and O–H groups in total. The maximum absolute atomic E-state index is 15.5. The third kappa shape index (κ3) is 6.10. The normalized spacial score (nSPS) is 24.0. The van der Waals surface area contributed by atoms with E-state index in [9.17, 15) is 20.0 Å². The van der Waals surface area contributed by atoms with Crippen LogP contribution in [-0.2, 0) is 19.7 Å². The summed E-state index contributed by atoms with van der Waals surface area (Å²) < 4.78 is 36.4. The molecule has 2 aromatic rings. The van der Waals surface area contributed by atoms with Crippen LogP contribution in [-0.4, -0.2) is 41.8 Å². The molecule has 11 heteroatoms. The van der Waals surface area contributed by atoms with Crippen LogP contribution in [0.4, 0.5) is 8.78 Å². The maximum Gasteiger partial charge on any atom is 0.323 e. The minimum atomic E-state index is -1.80. The molecule has 0 aromatic heterocycles. The molecule has 5 atom stereocenters. The van der Waals surface area contributed by atoms with Crippen LogP contribution >= 0.6 is 23.2 Å². The third-order valence-corrected chi connectivity index (χ3v) is 7.08. The van der Waals surface area contributed by atoms with Gasteiger partial charge in [0.25, 0.3) is 0 Å². The van der Waals surface area contributed by atoms with Crippen molar-refractivity contribution in [2.75, 3.05) is 6.61 Å². The van der Waals surface area contributed by atoms with Gasteiger partial charge in [0.15, 0.2) is 0 Å². The van der Waals surface area contributed by atoms with Crippen molar-refractivity contribution in [3.05, 3.63) is 69.2 Å². The number of hydrogen-bond acceptors (Lipinski definition) is 6. The van der Waals surface area contributed by atoms with Crippen LogP contribution in [0.2, 0.25) is 10.0 Å². The lowest BCUT2D eigenvalue weighted by Crippen LogP contribution is -2.44. The molecule has 204 valence electrons. The first-order valence-electron chi connectivity index (χ1n) is 11.9. The Hall–Kier alpha value is -2.77. The van der Waals surface area contributed by atoms with Crippen molar-refractivity contribution in [1.29, 1.82) is 5.26 Å². The van der Waals surface area contributed by atoms with Crippen LogP contribution < -0.4 is 11.1 Å². The number of nitrogens with one attached hydrogen (secondary N) is 1. The Balaban J connectivity index is 2.23. The molecule has 1 aliphatic rings. The van der Waals surface area contributed by atoms with Crippen LogP contribution in [0.1, 0.15) is 50.7 Å². The highest BCUT2D eigenvalue weighted by Gasteiger charge is 2.61. The molecule has 38 heavy (non-hydrogen) atoms.